The average molecular weight is 290 g/mol. The summed E-state index contributed by atoms with van der Waals surface area (Å²) in [5.41, 5.74) is 0.764. The summed E-state index contributed by atoms with van der Waals surface area (Å²) in [5.74, 6) is -0.911. The first-order valence-electron chi connectivity index (χ1n) is 5.44. The highest BCUT2D eigenvalue weighted by Gasteiger charge is 2.26. The lowest BCUT2D eigenvalue weighted by atomic mass is 10.1. The van der Waals surface area contributed by atoms with E-state index >= 15 is 0 Å². The Kier molecular flexibility index (Phi) is 3.47. The van der Waals surface area contributed by atoms with Crippen LogP contribution in [0.25, 0.3) is 0 Å². The second kappa shape index (κ2) is 4.70. The molecule has 4 heteroatoms. The molecule has 0 aliphatic carbocycles. The van der Waals surface area contributed by atoms with Crippen molar-refractivity contribution in [2.45, 2.75) is 31.1 Å². The van der Waals surface area contributed by atoms with Crippen LogP contribution in [0.3, 0.4) is 0 Å². The van der Waals surface area contributed by atoms with Crippen LogP contribution >= 0.6 is 15.9 Å². The average Bonchev–Trinajstić information content (AvgIpc) is 2.64. The Morgan fingerprint density at radius 3 is 2.44 bits per heavy atom. The summed E-state index contributed by atoms with van der Waals surface area (Å²) in [5, 5.41) is 0.469. The molecule has 1 heterocycles. The Morgan fingerprint density at radius 2 is 2.00 bits per heavy atom. The van der Waals surface area contributed by atoms with E-state index in [0.717, 1.165) is 19.4 Å². The summed E-state index contributed by atoms with van der Waals surface area (Å²) in [4.78, 5) is 1.82. The standard InChI is InChI=1S/C12H14BrF2N/c1-8-3-2-4-16(8)12-10(14)5-9(7-13)6-11(12)15/h5-6,8H,2-4,7H2,1H3. The van der Waals surface area contributed by atoms with Crippen LogP contribution in [0.15, 0.2) is 12.1 Å². The molecule has 1 saturated heterocycles. The van der Waals surface area contributed by atoms with Crippen molar-refractivity contribution < 1.29 is 8.78 Å². The van der Waals surface area contributed by atoms with Crippen LogP contribution in [-0.2, 0) is 5.33 Å². The number of alkyl halides is 1. The van der Waals surface area contributed by atoms with Crippen LogP contribution in [0.4, 0.5) is 14.5 Å². The molecule has 0 aromatic heterocycles. The lowest BCUT2D eigenvalue weighted by molar-refractivity contribution is 0.566. The quantitative estimate of drug-likeness (QED) is 0.748. The summed E-state index contributed by atoms with van der Waals surface area (Å²) in [6.45, 7) is 2.74. The van der Waals surface area contributed by atoms with Crippen molar-refractivity contribution in [1.29, 1.82) is 0 Å². The normalized spacial score (nSPS) is 20.5. The molecule has 0 spiro atoms. The van der Waals surface area contributed by atoms with Crippen LogP contribution in [0.2, 0.25) is 0 Å². The van der Waals surface area contributed by atoms with Crippen LogP contribution in [-0.4, -0.2) is 12.6 Å². The molecular weight excluding hydrogens is 276 g/mol. The van der Waals surface area contributed by atoms with Gasteiger partial charge in [-0.1, -0.05) is 15.9 Å². The highest BCUT2D eigenvalue weighted by molar-refractivity contribution is 9.08. The van der Waals surface area contributed by atoms with Gasteiger partial charge in [0.2, 0.25) is 0 Å². The van der Waals surface area contributed by atoms with E-state index in [1.54, 1.807) is 0 Å². The maximum Gasteiger partial charge on any atom is 0.149 e. The minimum atomic E-state index is -0.455. The lowest BCUT2D eigenvalue weighted by Crippen LogP contribution is -2.28. The predicted molar refractivity (Wildman–Crippen MR) is 65.0 cm³/mol. The number of hydrogen-bond donors (Lipinski definition) is 0. The zero-order chi connectivity index (χ0) is 11.7. The molecule has 1 fully saturated rings. The molecule has 1 atom stereocenters. The molecular formula is C12H14BrF2N. The Balaban J connectivity index is 2.40. The predicted octanol–water partition coefficient (Wildman–Crippen LogP) is 3.85. The minimum Gasteiger partial charge on any atom is -0.364 e. The summed E-state index contributed by atoms with van der Waals surface area (Å²) < 4.78 is 27.6. The smallest absolute Gasteiger partial charge is 0.149 e. The highest BCUT2D eigenvalue weighted by Crippen LogP contribution is 2.31. The van der Waals surface area contributed by atoms with E-state index < -0.39 is 11.6 Å². The molecule has 0 radical (unpaired) electrons. The van der Waals surface area contributed by atoms with E-state index in [0.29, 0.717) is 10.9 Å². The molecule has 2 rings (SSSR count). The Hall–Kier alpha value is -0.640. The van der Waals surface area contributed by atoms with Crippen molar-refractivity contribution in [2.75, 3.05) is 11.4 Å². The van der Waals surface area contributed by atoms with Crippen molar-refractivity contribution in [3.63, 3.8) is 0 Å². The second-order valence-corrected chi connectivity index (χ2v) is 4.79. The van der Waals surface area contributed by atoms with E-state index in [1.165, 1.54) is 12.1 Å². The summed E-state index contributed by atoms with van der Waals surface area (Å²) >= 11 is 3.20. The summed E-state index contributed by atoms with van der Waals surface area (Å²) in [7, 11) is 0. The monoisotopic (exact) mass is 289 g/mol. The largest absolute Gasteiger partial charge is 0.364 e. The Labute approximate surface area is 103 Å². The summed E-state index contributed by atoms with van der Waals surface area (Å²) in [6, 6.07) is 3.02. The first-order chi connectivity index (χ1) is 7.63. The molecule has 1 nitrogen and oxygen atoms in total. The molecule has 0 N–H and O–H groups in total. The van der Waals surface area contributed by atoms with Gasteiger partial charge in [0.1, 0.15) is 17.3 Å². The first-order valence-corrected chi connectivity index (χ1v) is 6.56. The van der Waals surface area contributed by atoms with Crippen molar-refractivity contribution >= 4 is 21.6 Å². The molecule has 88 valence electrons. The molecule has 0 amide bonds. The van der Waals surface area contributed by atoms with Gasteiger partial charge < -0.3 is 4.90 Å². The maximum atomic E-state index is 13.8. The van der Waals surface area contributed by atoms with Gasteiger partial charge in [-0.3, -0.25) is 0 Å². The topological polar surface area (TPSA) is 3.24 Å². The second-order valence-electron chi connectivity index (χ2n) is 4.23. The Bertz CT molecular complexity index is 372. The van der Waals surface area contributed by atoms with E-state index in [9.17, 15) is 8.78 Å². The third-order valence-electron chi connectivity index (χ3n) is 3.07. The number of benzene rings is 1. The third kappa shape index (κ3) is 2.08. The van der Waals surface area contributed by atoms with Gasteiger partial charge in [0.25, 0.3) is 0 Å². The third-order valence-corrected chi connectivity index (χ3v) is 3.72. The molecule has 0 bridgehead atoms. The molecule has 0 saturated carbocycles. The maximum absolute atomic E-state index is 13.8. The SMILES string of the molecule is CC1CCCN1c1c(F)cc(CBr)cc1F. The van der Waals surface area contributed by atoms with E-state index in [-0.39, 0.29) is 11.7 Å². The first kappa shape index (κ1) is 11.8. The van der Waals surface area contributed by atoms with Gasteiger partial charge in [-0.15, -0.1) is 0 Å². The number of anilines is 1. The van der Waals surface area contributed by atoms with Crippen LogP contribution in [0.5, 0.6) is 0 Å². The van der Waals surface area contributed by atoms with E-state index in [2.05, 4.69) is 15.9 Å². The van der Waals surface area contributed by atoms with Crippen molar-refractivity contribution in [3.8, 4) is 0 Å². The molecule has 1 aromatic rings. The van der Waals surface area contributed by atoms with Gasteiger partial charge in [0.15, 0.2) is 0 Å². The van der Waals surface area contributed by atoms with Crippen LogP contribution in [0.1, 0.15) is 25.3 Å². The van der Waals surface area contributed by atoms with Gasteiger partial charge in [0.05, 0.1) is 0 Å². The van der Waals surface area contributed by atoms with Crippen LogP contribution in [0, 0.1) is 11.6 Å². The van der Waals surface area contributed by atoms with Gasteiger partial charge >= 0.3 is 0 Å². The minimum absolute atomic E-state index is 0.134. The zero-order valence-electron chi connectivity index (χ0n) is 9.14. The van der Waals surface area contributed by atoms with E-state index in [4.69, 9.17) is 0 Å². The molecule has 1 aliphatic heterocycles. The van der Waals surface area contributed by atoms with Crippen LogP contribution < -0.4 is 4.90 Å². The fraction of sp³-hybridized carbons (Fsp3) is 0.500. The van der Waals surface area contributed by atoms with Crippen molar-refractivity contribution in [2.24, 2.45) is 0 Å². The molecule has 1 aromatic carbocycles. The van der Waals surface area contributed by atoms with Gasteiger partial charge in [-0.2, -0.15) is 0 Å². The number of halogens is 3. The lowest BCUT2D eigenvalue weighted by Gasteiger charge is -2.25. The van der Waals surface area contributed by atoms with Crippen molar-refractivity contribution in [1.82, 2.24) is 0 Å². The number of nitrogens with zero attached hydrogens (tertiary/aromatic N) is 1. The molecule has 1 aliphatic rings. The van der Waals surface area contributed by atoms with Gasteiger partial charge in [-0.05, 0) is 37.5 Å². The fourth-order valence-corrected chi connectivity index (χ4v) is 2.56. The zero-order valence-corrected chi connectivity index (χ0v) is 10.7. The van der Waals surface area contributed by atoms with E-state index in [1.807, 2.05) is 11.8 Å². The fourth-order valence-electron chi connectivity index (χ4n) is 2.23. The van der Waals surface area contributed by atoms with Gasteiger partial charge in [-0.25, -0.2) is 8.78 Å². The molecule has 1 unspecified atom stereocenters. The highest BCUT2D eigenvalue weighted by atomic mass is 79.9. The molecule has 16 heavy (non-hydrogen) atoms. The number of rotatable bonds is 2. The Morgan fingerprint density at radius 1 is 1.38 bits per heavy atom. The summed E-state index contributed by atoms with van der Waals surface area (Å²) in [6.07, 6.45) is 2.00. The number of hydrogen-bond acceptors (Lipinski definition) is 1. The van der Waals surface area contributed by atoms with Crippen molar-refractivity contribution in [3.05, 3.63) is 29.3 Å². The van der Waals surface area contributed by atoms with Gasteiger partial charge in [0, 0.05) is 17.9 Å².